The average Bonchev–Trinajstić information content (AvgIpc) is 2.84. The minimum absolute atomic E-state index is 0.0956. The van der Waals surface area contributed by atoms with Crippen LogP contribution in [-0.2, 0) is 18.4 Å². The Morgan fingerprint density at radius 2 is 1.96 bits per heavy atom. The summed E-state index contributed by atoms with van der Waals surface area (Å²) in [5.74, 6) is -0.638. The monoisotopic (exact) mass is 317 g/mol. The molecule has 7 heteroatoms. The zero-order valence-electron chi connectivity index (χ0n) is 13.3. The Morgan fingerprint density at radius 3 is 2.48 bits per heavy atom. The highest BCUT2D eigenvalue weighted by Crippen LogP contribution is 2.15. The third kappa shape index (κ3) is 4.32. The van der Waals surface area contributed by atoms with Gasteiger partial charge in [-0.25, -0.2) is 4.79 Å². The Morgan fingerprint density at radius 1 is 1.30 bits per heavy atom. The van der Waals surface area contributed by atoms with Gasteiger partial charge in [0.05, 0.1) is 11.3 Å². The van der Waals surface area contributed by atoms with E-state index in [4.69, 9.17) is 9.84 Å². The third-order valence-electron chi connectivity index (χ3n) is 3.30. The normalized spacial score (nSPS) is 10.4. The number of carbonyl (C=O) groups is 2. The van der Waals surface area contributed by atoms with Crippen LogP contribution in [0.25, 0.3) is 0 Å². The van der Waals surface area contributed by atoms with Crippen LogP contribution >= 0.6 is 0 Å². The lowest BCUT2D eigenvalue weighted by Crippen LogP contribution is -2.26. The second-order valence-corrected chi connectivity index (χ2v) is 5.29. The maximum atomic E-state index is 12.4. The number of amides is 1. The second kappa shape index (κ2) is 6.95. The van der Waals surface area contributed by atoms with Crippen LogP contribution in [0.1, 0.15) is 21.6 Å². The number of aromatic nitrogens is 2. The van der Waals surface area contributed by atoms with Crippen molar-refractivity contribution in [1.82, 2.24) is 14.7 Å². The number of carboxylic acid groups (broad SMARTS) is 1. The number of hydrogen-bond acceptors (Lipinski definition) is 4. The largest absolute Gasteiger partial charge is 0.482 e. The Bertz CT molecular complexity index is 707. The number of aliphatic carboxylic acids is 1. The van der Waals surface area contributed by atoms with E-state index in [1.807, 2.05) is 0 Å². The van der Waals surface area contributed by atoms with E-state index >= 15 is 0 Å². The zero-order chi connectivity index (χ0) is 17.0. The summed E-state index contributed by atoms with van der Waals surface area (Å²) in [6.45, 7) is 1.86. The summed E-state index contributed by atoms with van der Waals surface area (Å²) in [5, 5.41) is 12.7. The smallest absolute Gasteiger partial charge is 0.341 e. The molecule has 1 aromatic carbocycles. The molecule has 1 N–H and O–H groups in total. The van der Waals surface area contributed by atoms with E-state index in [0.29, 0.717) is 23.6 Å². The van der Waals surface area contributed by atoms with Crippen molar-refractivity contribution in [3.63, 3.8) is 0 Å². The van der Waals surface area contributed by atoms with E-state index in [1.54, 1.807) is 61.1 Å². The first kappa shape index (κ1) is 16.5. The van der Waals surface area contributed by atoms with Crippen LogP contribution in [0.3, 0.4) is 0 Å². The van der Waals surface area contributed by atoms with Crippen LogP contribution in [0.2, 0.25) is 0 Å². The quantitative estimate of drug-likeness (QED) is 0.872. The highest BCUT2D eigenvalue weighted by Gasteiger charge is 2.17. The topological polar surface area (TPSA) is 84.7 Å². The summed E-state index contributed by atoms with van der Waals surface area (Å²) in [6, 6.07) is 6.98. The fourth-order valence-corrected chi connectivity index (χ4v) is 2.20. The first-order valence-electron chi connectivity index (χ1n) is 7.06. The van der Waals surface area contributed by atoms with Crippen LogP contribution in [0.15, 0.2) is 30.5 Å². The maximum Gasteiger partial charge on any atom is 0.341 e. The molecule has 1 amide bonds. The predicted molar refractivity (Wildman–Crippen MR) is 83.3 cm³/mol. The molecule has 1 aromatic heterocycles. The number of ether oxygens (including phenoxy) is 1. The van der Waals surface area contributed by atoms with E-state index in [9.17, 15) is 9.59 Å². The van der Waals surface area contributed by atoms with Crippen molar-refractivity contribution in [2.75, 3.05) is 13.7 Å². The Labute approximate surface area is 134 Å². The van der Waals surface area contributed by atoms with E-state index in [1.165, 1.54) is 0 Å². The van der Waals surface area contributed by atoms with Crippen molar-refractivity contribution in [2.45, 2.75) is 13.5 Å². The van der Waals surface area contributed by atoms with E-state index in [0.717, 1.165) is 5.56 Å². The van der Waals surface area contributed by atoms with Gasteiger partial charge in [0.1, 0.15) is 5.75 Å². The van der Waals surface area contributed by atoms with Gasteiger partial charge in [0.15, 0.2) is 6.61 Å². The molecule has 23 heavy (non-hydrogen) atoms. The van der Waals surface area contributed by atoms with Crippen molar-refractivity contribution >= 4 is 11.9 Å². The predicted octanol–water partition coefficient (Wildman–Crippen LogP) is 1.46. The minimum Gasteiger partial charge on any atom is -0.482 e. The van der Waals surface area contributed by atoms with Gasteiger partial charge < -0.3 is 14.7 Å². The fourth-order valence-electron chi connectivity index (χ4n) is 2.20. The number of carbonyl (C=O) groups excluding carboxylic acids is 1. The molecule has 0 fully saturated rings. The van der Waals surface area contributed by atoms with Gasteiger partial charge in [0, 0.05) is 26.8 Å². The van der Waals surface area contributed by atoms with E-state index in [-0.39, 0.29) is 12.5 Å². The molecule has 2 rings (SSSR count). The number of aryl methyl sites for hydroxylation is 2. The lowest BCUT2D eigenvalue weighted by molar-refractivity contribution is -0.139. The Hall–Kier alpha value is -2.83. The molecule has 7 nitrogen and oxygen atoms in total. The van der Waals surface area contributed by atoms with Crippen molar-refractivity contribution < 1.29 is 19.4 Å². The highest BCUT2D eigenvalue weighted by molar-refractivity contribution is 5.94. The molecule has 0 aliphatic carbocycles. The molecule has 1 heterocycles. The Kier molecular flexibility index (Phi) is 5.00. The molecule has 122 valence electrons. The number of benzene rings is 1. The van der Waals surface area contributed by atoms with Gasteiger partial charge in [-0.15, -0.1) is 0 Å². The van der Waals surface area contributed by atoms with Gasteiger partial charge >= 0.3 is 5.97 Å². The summed E-state index contributed by atoms with van der Waals surface area (Å²) in [5.41, 5.74) is 2.20. The molecular weight excluding hydrogens is 298 g/mol. The van der Waals surface area contributed by atoms with Crippen molar-refractivity contribution in [2.24, 2.45) is 7.05 Å². The molecule has 0 radical (unpaired) electrons. The van der Waals surface area contributed by atoms with Crippen LogP contribution in [0, 0.1) is 6.92 Å². The molecule has 0 unspecified atom stereocenters. The van der Waals surface area contributed by atoms with Crippen molar-refractivity contribution in [3.8, 4) is 5.75 Å². The van der Waals surface area contributed by atoms with Gasteiger partial charge in [0.25, 0.3) is 5.91 Å². The van der Waals surface area contributed by atoms with Crippen molar-refractivity contribution in [1.29, 1.82) is 0 Å². The SMILES string of the molecule is Cc1nn(C)cc1C(=O)N(C)Cc1ccc(OCC(=O)O)cc1. The van der Waals surface area contributed by atoms with Crippen LogP contribution in [0.4, 0.5) is 0 Å². The summed E-state index contributed by atoms with van der Waals surface area (Å²) in [6.07, 6.45) is 1.71. The van der Waals surface area contributed by atoms with E-state index in [2.05, 4.69) is 5.10 Å². The molecule has 0 aliphatic heterocycles. The van der Waals surface area contributed by atoms with Gasteiger partial charge in [-0.3, -0.25) is 9.48 Å². The fraction of sp³-hybridized carbons (Fsp3) is 0.312. The van der Waals surface area contributed by atoms with E-state index < -0.39 is 5.97 Å². The lowest BCUT2D eigenvalue weighted by Gasteiger charge is -2.17. The summed E-state index contributed by atoms with van der Waals surface area (Å²) >= 11 is 0. The average molecular weight is 317 g/mol. The van der Waals surface area contributed by atoms with Crippen LogP contribution in [0.5, 0.6) is 5.75 Å². The molecule has 2 aromatic rings. The van der Waals surface area contributed by atoms with Gasteiger partial charge in [-0.05, 0) is 24.6 Å². The molecule has 0 atom stereocenters. The van der Waals surface area contributed by atoms with Crippen LogP contribution in [-0.4, -0.2) is 45.3 Å². The summed E-state index contributed by atoms with van der Waals surface area (Å²) in [4.78, 5) is 24.5. The maximum absolute atomic E-state index is 12.4. The van der Waals surface area contributed by atoms with Gasteiger partial charge in [-0.2, -0.15) is 5.10 Å². The number of nitrogens with zero attached hydrogens (tertiary/aromatic N) is 3. The number of hydrogen-bond donors (Lipinski definition) is 1. The highest BCUT2D eigenvalue weighted by atomic mass is 16.5. The lowest BCUT2D eigenvalue weighted by atomic mass is 10.2. The molecule has 0 spiro atoms. The molecular formula is C16H19N3O4. The first-order valence-corrected chi connectivity index (χ1v) is 7.06. The third-order valence-corrected chi connectivity index (χ3v) is 3.30. The second-order valence-electron chi connectivity index (χ2n) is 5.29. The van der Waals surface area contributed by atoms with Crippen LogP contribution < -0.4 is 4.74 Å². The van der Waals surface area contributed by atoms with Gasteiger partial charge in [-0.1, -0.05) is 12.1 Å². The standard InChI is InChI=1S/C16H19N3O4/c1-11-14(9-19(3)17-11)16(22)18(2)8-12-4-6-13(7-5-12)23-10-15(20)21/h4-7,9H,8,10H2,1-3H3,(H,20,21). The minimum atomic E-state index is -1.02. The summed E-state index contributed by atoms with van der Waals surface area (Å²) < 4.78 is 6.69. The molecule has 0 saturated carbocycles. The number of carboxylic acids is 1. The van der Waals surface area contributed by atoms with Crippen molar-refractivity contribution in [3.05, 3.63) is 47.3 Å². The Balaban J connectivity index is 1.99. The molecule has 0 aliphatic rings. The van der Waals surface area contributed by atoms with Gasteiger partial charge in [0.2, 0.25) is 0 Å². The number of rotatable bonds is 6. The summed E-state index contributed by atoms with van der Waals surface area (Å²) in [7, 11) is 3.50. The first-order chi connectivity index (χ1) is 10.9. The molecule has 0 saturated heterocycles. The molecule has 0 bridgehead atoms. The zero-order valence-corrected chi connectivity index (χ0v) is 13.3.